The Bertz CT molecular complexity index is 1180. The number of methoxy groups -OCH3 is 2. The molecule has 3 aromatic heterocycles. The van der Waals surface area contributed by atoms with Crippen molar-refractivity contribution < 1.29 is 14.0 Å². The van der Waals surface area contributed by atoms with Crippen molar-refractivity contribution in [1.82, 2.24) is 20.1 Å². The van der Waals surface area contributed by atoms with E-state index in [0.717, 1.165) is 54.0 Å². The molecule has 0 saturated carbocycles. The molecule has 4 aromatic rings. The summed E-state index contributed by atoms with van der Waals surface area (Å²) in [7, 11) is 3.26. The molecule has 0 bridgehead atoms. The van der Waals surface area contributed by atoms with E-state index in [0.29, 0.717) is 17.6 Å². The minimum absolute atomic E-state index is 0.235. The number of para-hydroxylation sites is 1. The molecule has 4 heterocycles. The maximum Gasteiger partial charge on any atom is 0.230 e. The zero-order chi connectivity index (χ0) is 21.2. The minimum atomic E-state index is 0.235. The fourth-order valence-corrected chi connectivity index (χ4v) is 3.96. The molecule has 0 spiro atoms. The zero-order valence-electron chi connectivity index (χ0n) is 17.5. The number of benzene rings is 1. The predicted octanol–water partition coefficient (Wildman–Crippen LogP) is 4.08. The standard InChI is InChI=1S/C23H23N5O3/c1-29-18-5-3-4-15-6-8-19(25-21(15)18)28-12-10-16(11-13-28)23-26-22(27-31-23)17-7-9-20(30-2)24-14-17/h3-9,14,16H,10-13H2,1-2H3. The first-order chi connectivity index (χ1) is 15.2. The fraction of sp³-hybridized carbons (Fsp3) is 0.304. The maximum absolute atomic E-state index is 5.57. The van der Waals surface area contributed by atoms with E-state index in [1.165, 1.54) is 0 Å². The molecule has 8 nitrogen and oxygen atoms in total. The molecule has 0 unspecified atom stereocenters. The monoisotopic (exact) mass is 417 g/mol. The van der Waals surface area contributed by atoms with E-state index >= 15 is 0 Å². The lowest BCUT2D eigenvalue weighted by Crippen LogP contribution is -2.33. The summed E-state index contributed by atoms with van der Waals surface area (Å²) >= 11 is 0. The molecular weight excluding hydrogens is 394 g/mol. The molecule has 1 saturated heterocycles. The topological polar surface area (TPSA) is 86.4 Å². The number of anilines is 1. The summed E-state index contributed by atoms with van der Waals surface area (Å²) in [6.45, 7) is 1.75. The smallest absolute Gasteiger partial charge is 0.230 e. The Labute approximate surface area is 179 Å². The second-order valence-corrected chi connectivity index (χ2v) is 7.51. The van der Waals surface area contributed by atoms with Crippen molar-refractivity contribution in [3.63, 3.8) is 0 Å². The van der Waals surface area contributed by atoms with Gasteiger partial charge in [-0.15, -0.1) is 0 Å². The first kappa shape index (κ1) is 19.3. The fourth-order valence-electron chi connectivity index (χ4n) is 3.96. The van der Waals surface area contributed by atoms with Crippen LogP contribution in [0.2, 0.25) is 0 Å². The number of piperidine rings is 1. The predicted molar refractivity (Wildman–Crippen MR) is 117 cm³/mol. The van der Waals surface area contributed by atoms with Gasteiger partial charge in [0, 0.05) is 42.2 Å². The summed E-state index contributed by atoms with van der Waals surface area (Å²) in [6, 6.07) is 13.8. The molecule has 0 radical (unpaired) electrons. The number of ether oxygens (including phenoxy) is 2. The van der Waals surface area contributed by atoms with Gasteiger partial charge in [0.2, 0.25) is 17.6 Å². The van der Waals surface area contributed by atoms with Gasteiger partial charge in [-0.25, -0.2) is 9.97 Å². The molecule has 5 rings (SSSR count). The van der Waals surface area contributed by atoms with Crippen LogP contribution in [0.1, 0.15) is 24.7 Å². The molecule has 31 heavy (non-hydrogen) atoms. The van der Waals surface area contributed by atoms with Crippen LogP contribution in [0.5, 0.6) is 11.6 Å². The first-order valence-electron chi connectivity index (χ1n) is 10.3. The van der Waals surface area contributed by atoms with Gasteiger partial charge in [-0.2, -0.15) is 4.98 Å². The highest BCUT2D eigenvalue weighted by molar-refractivity contribution is 5.86. The lowest BCUT2D eigenvalue weighted by Gasteiger charge is -2.31. The molecule has 0 aliphatic carbocycles. The SMILES string of the molecule is COc1ccc(-c2noc(C3CCN(c4ccc5cccc(OC)c5n4)CC3)n2)cn1. The third-order valence-corrected chi connectivity index (χ3v) is 5.70. The Morgan fingerprint density at radius 3 is 2.58 bits per heavy atom. The van der Waals surface area contributed by atoms with Gasteiger partial charge < -0.3 is 18.9 Å². The van der Waals surface area contributed by atoms with Crippen LogP contribution in [0.4, 0.5) is 5.82 Å². The molecule has 1 aromatic carbocycles. The van der Waals surface area contributed by atoms with Gasteiger partial charge in [0.25, 0.3) is 0 Å². The van der Waals surface area contributed by atoms with E-state index in [4.69, 9.17) is 19.0 Å². The van der Waals surface area contributed by atoms with E-state index in [1.54, 1.807) is 26.5 Å². The van der Waals surface area contributed by atoms with E-state index in [-0.39, 0.29) is 5.92 Å². The summed E-state index contributed by atoms with van der Waals surface area (Å²) in [4.78, 5) is 16.0. The summed E-state index contributed by atoms with van der Waals surface area (Å²) in [5.74, 6) is 3.78. The maximum atomic E-state index is 5.57. The molecule has 1 aliphatic rings. The second kappa shape index (κ2) is 8.22. The number of hydrogen-bond acceptors (Lipinski definition) is 8. The number of aromatic nitrogens is 4. The molecule has 1 fully saturated rings. The van der Waals surface area contributed by atoms with Crippen molar-refractivity contribution in [2.75, 3.05) is 32.2 Å². The lowest BCUT2D eigenvalue weighted by molar-refractivity contribution is 0.329. The van der Waals surface area contributed by atoms with Crippen molar-refractivity contribution in [2.24, 2.45) is 0 Å². The molecule has 158 valence electrons. The molecule has 0 atom stereocenters. The van der Waals surface area contributed by atoms with Crippen LogP contribution in [-0.2, 0) is 0 Å². The summed E-state index contributed by atoms with van der Waals surface area (Å²) in [6.07, 6.45) is 3.54. The average Bonchev–Trinajstić information content (AvgIpc) is 3.34. The van der Waals surface area contributed by atoms with E-state index in [2.05, 4.69) is 32.2 Å². The van der Waals surface area contributed by atoms with E-state index in [9.17, 15) is 0 Å². The Kier molecular flexibility index (Phi) is 5.11. The summed E-state index contributed by atoms with van der Waals surface area (Å²) < 4.78 is 16.1. The Balaban J connectivity index is 1.28. The zero-order valence-corrected chi connectivity index (χ0v) is 17.5. The summed E-state index contributed by atoms with van der Waals surface area (Å²) in [5, 5.41) is 5.21. The van der Waals surface area contributed by atoms with Gasteiger partial charge in [-0.1, -0.05) is 17.3 Å². The minimum Gasteiger partial charge on any atom is -0.494 e. The Morgan fingerprint density at radius 1 is 0.968 bits per heavy atom. The van der Waals surface area contributed by atoms with Crippen molar-refractivity contribution in [3.8, 4) is 23.0 Å². The van der Waals surface area contributed by atoms with Crippen molar-refractivity contribution in [1.29, 1.82) is 0 Å². The van der Waals surface area contributed by atoms with Crippen LogP contribution >= 0.6 is 0 Å². The van der Waals surface area contributed by atoms with Gasteiger partial charge in [-0.05, 0) is 37.1 Å². The van der Waals surface area contributed by atoms with Crippen molar-refractivity contribution in [3.05, 3.63) is 54.6 Å². The van der Waals surface area contributed by atoms with Crippen LogP contribution < -0.4 is 14.4 Å². The number of pyridine rings is 2. The molecule has 1 aliphatic heterocycles. The van der Waals surface area contributed by atoms with Crippen LogP contribution in [0, 0.1) is 0 Å². The number of fused-ring (bicyclic) bond motifs is 1. The van der Waals surface area contributed by atoms with Gasteiger partial charge in [0.05, 0.1) is 14.2 Å². The largest absolute Gasteiger partial charge is 0.494 e. The highest BCUT2D eigenvalue weighted by Crippen LogP contribution is 2.32. The second-order valence-electron chi connectivity index (χ2n) is 7.51. The molecule has 0 N–H and O–H groups in total. The van der Waals surface area contributed by atoms with Crippen molar-refractivity contribution >= 4 is 16.7 Å². The van der Waals surface area contributed by atoms with E-state index in [1.807, 2.05) is 24.3 Å². The highest BCUT2D eigenvalue weighted by Gasteiger charge is 2.26. The van der Waals surface area contributed by atoms with Crippen molar-refractivity contribution in [2.45, 2.75) is 18.8 Å². The Morgan fingerprint density at radius 2 is 1.84 bits per heavy atom. The number of hydrogen-bond donors (Lipinski definition) is 0. The molecule has 8 heteroatoms. The van der Waals surface area contributed by atoms with Crippen LogP contribution in [-0.4, -0.2) is 47.4 Å². The van der Waals surface area contributed by atoms with Gasteiger partial charge >= 0.3 is 0 Å². The Hall–Kier alpha value is -3.68. The van der Waals surface area contributed by atoms with Gasteiger partial charge in [-0.3, -0.25) is 0 Å². The summed E-state index contributed by atoms with van der Waals surface area (Å²) in [5.41, 5.74) is 1.70. The van der Waals surface area contributed by atoms with Gasteiger partial charge in [0.15, 0.2) is 0 Å². The third kappa shape index (κ3) is 3.76. The van der Waals surface area contributed by atoms with Gasteiger partial charge in [0.1, 0.15) is 17.1 Å². The molecular formula is C23H23N5O3. The van der Waals surface area contributed by atoms with Crippen LogP contribution in [0.3, 0.4) is 0 Å². The molecule has 0 amide bonds. The van der Waals surface area contributed by atoms with E-state index < -0.39 is 0 Å². The number of nitrogens with zero attached hydrogens (tertiary/aromatic N) is 5. The number of rotatable bonds is 5. The van der Waals surface area contributed by atoms with Crippen LogP contribution in [0.25, 0.3) is 22.3 Å². The average molecular weight is 417 g/mol. The first-order valence-corrected chi connectivity index (χ1v) is 10.3. The lowest BCUT2D eigenvalue weighted by atomic mass is 9.96. The van der Waals surface area contributed by atoms with Crippen LogP contribution in [0.15, 0.2) is 53.2 Å². The highest BCUT2D eigenvalue weighted by atomic mass is 16.5. The quantitative estimate of drug-likeness (QED) is 0.480. The normalized spacial score (nSPS) is 14.7. The third-order valence-electron chi connectivity index (χ3n) is 5.70.